The Bertz CT molecular complexity index is 1400. The smallest absolute Gasteiger partial charge is 0.324 e. The first-order chi connectivity index (χ1) is 19.5. The summed E-state index contributed by atoms with van der Waals surface area (Å²) in [6.45, 7) is 4.50. The number of hydrogen-bond acceptors (Lipinski definition) is 8. The van der Waals surface area contributed by atoms with E-state index in [2.05, 4.69) is 40.9 Å². The molecule has 0 saturated carbocycles. The lowest BCUT2D eigenvalue weighted by Gasteiger charge is -2.24. The number of benzene rings is 2. The van der Waals surface area contributed by atoms with Crippen molar-refractivity contribution in [2.45, 2.75) is 30.8 Å². The zero-order chi connectivity index (χ0) is 30.3. The zero-order valence-corrected chi connectivity index (χ0v) is 25.5. The number of carbonyl (C=O) groups excluding carboxylic acids is 2. The number of aliphatic imine (C=N–C) groups is 1. The summed E-state index contributed by atoms with van der Waals surface area (Å²) in [4.78, 5) is 35.6. The van der Waals surface area contributed by atoms with Gasteiger partial charge in [0, 0.05) is 32.1 Å². The third-order valence-electron chi connectivity index (χ3n) is 5.99. The van der Waals surface area contributed by atoms with Crippen LogP contribution in [-0.4, -0.2) is 78.7 Å². The first kappa shape index (κ1) is 31.8. The number of thioether (sulfide) groups is 1. The first-order valence-corrected chi connectivity index (χ1v) is 14.0. The molecule has 3 rings (SSSR count). The lowest BCUT2D eigenvalue weighted by Crippen LogP contribution is -2.49. The van der Waals surface area contributed by atoms with E-state index in [0.29, 0.717) is 28.7 Å². The Morgan fingerprint density at radius 1 is 1.27 bits per heavy atom. The van der Waals surface area contributed by atoms with Crippen LogP contribution >= 0.6 is 21.0 Å². The fourth-order valence-corrected chi connectivity index (χ4v) is 5.54. The number of anilines is 1. The maximum atomic E-state index is 14.0. The number of rotatable bonds is 9. The minimum absolute atomic E-state index is 0.0563. The molecule has 14 heteroatoms. The summed E-state index contributed by atoms with van der Waals surface area (Å²) in [5, 5.41) is 11.9. The van der Waals surface area contributed by atoms with Crippen LogP contribution in [0.1, 0.15) is 19.4 Å². The number of urea groups is 1. The molecule has 3 amide bonds. The summed E-state index contributed by atoms with van der Waals surface area (Å²) in [5.41, 5.74) is 2.44. The van der Waals surface area contributed by atoms with Crippen LogP contribution in [-0.2, 0) is 11.3 Å². The van der Waals surface area contributed by atoms with E-state index >= 15 is 0 Å². The molecule has 0 bridgehead atoms. The molecule has 0 fully saturated rings. The molecule has 0 aromatic heterocycles. The van der Waals surface area contributed by atoms with Gasteiger partial charge in [-0.1, -0.05) is 25.1 Å². The van der Waals surface area contributed by atoms with Crippen molar-refractivity contribution < 1.29 is 18.4 Å². The number of hydrogen-bond donors (Lipinski definition) is 2. The summed E-state index contributed by atoms with van der Waals surface area (Å²) >= 11 is 1.62. The number of hydrazone groups is 1. The number of guanidine groups is 1. The van der Waals surface area contributed by atoms with Gasteiger partial charge in [0.2, 0.25) is 12.4 Å². The third kappa shape index (κ3) is 8.16. The number of terminal acetylenes is 1. The predicted octanol–water partition coefficient (Wildman–Crippen LogP) is 3.09. The average molecular weight is 603 g/mol. The van der Waals surface area contributed by atoms with E-state index < -0.39 is 17.7 Å². The van der Waals surface area contributed by atoms with Crippen molar-refractivity contribution in [1.82, 2.24) is 25.4 Å². The molecule has 0 saturated heterocycles. The van der Waals surface area contributed by atoms with Crippen LogP contribution in [0.4, 0.5) is 25.0 Å². The SMILES string of the molecule is C#CN(C)/N=C(\C)CN(C)C(=O)NC(=Nc1ccc2c(c1)SC(NCC)N2C)N(C=O)Cc1cc(F)c(F)cc1P. The van der Waals surface area contributed by atoms with E-state index in [1.165, 1.54) is 9.91 Å². The van der Waals surface area contributed by atoms with Gasteiger partial charge in [-0.15, -0.1) is 9.24 Å². The van der Waals surface area contributed by atoms with Crippen molar-refractivity contribution in [2.24, 2.45) is 10.1 Å². The zero-order valence-electron chi connectivity index (χ0n) is 23.5. The molecule has 1 heterocycles. The molecule has 0 spiro atoms. The van der Waals surface area contributed by atoms with Crippen LogP contribution < -0.4 is 20.8 Å². The van der Waals surface area contributed by atoms with Gasteiger partial charge in [-0.2, -0.15) is 5.10 Å². The van der Waals surface area contributed by atoms with Crippen LogP contribution in [0.15, 0.2) is 45.3 Å². The van der Waals surface area contributed by atoms with Crippen LogP contribution in [0, 0.1) is 24.1 Å². The summed E-state index contributed by atoms with van der Waals surface area (Å²) in [6.07, 6.45) is 5.79. The highest BCUT2D eigenvalue weighted by Gasteiger charge is 2.27. The van der Waals surface area contributed by atoms with Gasteiger partial charge in [-0.3, -0.25) is 20.3 Å². The molecule has 2 N–H and O–H groups in total. The fourth-order valence-electron chi connectivity index (χ4n) is 3.93. The standard InChI is InChI=1S/C27H33F2N8O2PS/c1-7-30-27-36(6)22-10-9-19(12-24(22)41-27)31-25(32-26(39)34(4)14-17(3)33-35(5)8-2)37(16-38)15-18-11-20(28)21(29)13-23(18)40/h2,9-13,16,27,30H,7,14-15,40H2,1,3-6H3,(H,31,32,39)/b33-17+. The number of halogens is 2. The van der Waals surface area contributed by atoms with E-state index in [1.807, 2.05) is 26.1 Å². The monoisotopic (exact) mass is 602 g/mol. The van der Waals surface area contributed by atoms with Crippen molar-refractivity contribution in [3.63, 3.8) is 0 Å². The van der Waals surface area contributed by atoms with E-state index in [0.717, 1.165) is 34.2 Å². The van der Waals surface area contributed by atoms with Gasteiger partial charge >= 0.3 is 6.03 Å². The summed E-state index contributed by atoms with van der Waals surface area (Å²) in [5.74, 6) is -2.16. The molecule has 2 aromatic rings. The Morgan fingerprint density at radius 2 is 1.98 bits per heavy atom. The Labute approximate surface area is 245 Å². The fraction of sp³-hybridized carbons (Fsp3) is 0.333. The molecule has 0 radical (unpaired) electrons. The number of amides is 3. The molecule has 218 valence electrons. The van der Waals surface area contributed by atoms with E-state index in [9.17, 15) is 18.4 Å². The molecule has 1 aliphatic heterocycles. The minimum atomic E-state index is -1.05. The highest BCUT2D eigenvalue weighted by atomic mass is 32.2. The molecule has 0 aliphatic carbocycles. The minimum Gasteiger partial charge on any atom is -0.349 e. The molecule has 10 nitrogen and oxygen atoms in total. The molecule has 1 aliphatic rings. The number of nitrogens with zero attached hydrogens (tertiary/aromatic N) is 6. The summed E-state index contributed by atoms with van der Waals surface area (Å²) < 4.78 is 27.7. The maximum absolute atomic E-state index is 14.0. The average Bonchev–Trinajstić information content (AvgIpc) is 3.23. The van der Waals surface area contributed by atoms with Gasteiger partial charge in [-0.05, 0) is 54.7 Å². The highest BCUT2D eigenvalue weighted by Crippen LogP contribution is 2.43. The highest BCUT2D eigenvalue weighted by molar-refractivity contribution is 8.00. The normalized spacial score (nSPS) is 14.8. The lowest BCUT2D eigenvalue weighted by molar-refractivity contribution is -0.115. The number of nitrogens with one attached hydrogen (secondary N) is 2. The number of carbonyl (C=O) groups is 2. The van der Waals surface area contributed by atoms with Gasteiger partial charge in [0.05, 0.1) is 30.2 Å². The topological polar surface area (TPSA) is 95.9 Å². The second-order valence-corrected chi connectivity index (χ2v) is 10.9. The molecule has 2 atom stereocenters. The Morgan fingerprint density at radius 3 is 2.63 bits per heavy atom. The summed E-state index contributed by atoms with van der Waals surface area (Å²) in [7, 11) is 7.45. The van der Waals surface area contributed by atoms with Crippen molar-refractivity contribution >= 4 is 61.8 Å². The lowest BCUT2D eigenvalue weighted by atomic mass is 10.2. The van der Waals surface area contributed by atoms with Gasteiger partial charge in [0.25, 0.3) is 0 Å². The van der Waals surface area contributed by atoms with Crippen LogP contribution in [0.5, 0.6) is 0 Å². The molecule has 2 aromatic carbocycles. The van der Waals surface area contributed by atoms with E-state index in [-0.39, 0.29) is 24.5 Å². The van der Waals surface area contributed by atoms with Crippen LogP contribution in [0.25, 0.3) is 0 Å². The van der Waals surface area contributed by atoms with Crippen molar-refractivity contribution in [2.75, 3.05) is 39.1 Å². The van der Waals surface area contributed by atoms with E-state index in [4.69, 9.17) is 6.42 Å². The van der Waals surface area contributed by atoms with Crippen molar-refractivity contribution in [1.29, 1.82) is 0 Å². The van der Waals surface area contributed by atoms with E-state index in [1.54, 1.807) is 38.8 Å². The Hall–Kier alpha value is -3.72. The van der Waals surface area contributed by atoms with Gasteiger partial charge in [-0.25, -0.2) is 23.6 Å². The van der Waals surface area contributed by atoms with Gasteiger partial charge < -0.3 is 9.80 Å². The maximum Gasteiger partial charge on any atom is 0.324 e. The van der Waals surface area contributed by atoms with Gasteiger partial charge in [0.15, 0.2) is 11.6 Å². The quantitative estimate of drug-likeness (QED) is 0.0872. The summed E-state index contributed by atoms with van der Waals surface area (Å²) in [6, 6.07) is 9.34. The van der Waals surface area contributed by atoms with Crippen LogP contribution in [0.2, 0.25) is 0 Å². The molecule has 2 unspecified atom stereocenters. The molecular formula is C27H33F2N8O2PS. The Balaban J connectivity index is 1.95. The largest absolute Gasteiger partial charge is 0.349 e. The van der Waals surface area contributed by atoms with Crippen molar-refractivity contribution in [3.8, 4) is 12.5 Å². The predicted molar refractivity (Wildman–Crippen MR) is 163 cm³/mol. The number of fused-ring (bicyclic) bond motifs is 1. The van der Waals surface area contributed by atoms with Crippen molar-refractivity contribution in [3.05, 3.63) is 47.5 Å². The van der Waals surface area contributed by atoms with Crippen LogP contribution in [0.3, 0.4) is 0 Å². The second kappa shape index (κ2) is 14.3. The second-order valence-electron chi connectivity index (χ2n) is 9.20. The Kier molecular flexibility index (Phi) is 11.1. The third-order valence-corrected chi connectivity index (χ3v) is 7.81. The molecule has 41 heavy (non-hydrogen) atoms. The first-order valence-electron chi connectivity index (χ1n) is 12.5. The molecular weight excluding hydrogens is 569 g/mol. The van der Waals surface area contributed by atoms with Gasteiger partial charge in [0.1, 0.15) is 5.50 Å².